The molecule has 112 valence electrons. The van der Waals surface area contributed by atoms with Crippen molar-refractivity contribution in [3.05, 3.63) is 48.3 Å². The summed E-state index contributed by atoms with van der Waals surface area (Å²) in [7, 11) is 0. The second kappa shape index (κ2) is 6.41. The largest absolute Gasteiger partial charge is 0.387 e. The smallest absolute Gasteiger partial charge is 0.0973 e. The van der Waals surface area contributed by atoms with E-state index in [0.29, 0.717) is 0 Å². The first-order valence-corrected chi connectivity index (χ1v) is 7.79. The van der Waals surface area contributed by atoms with Gasteiger partial charge in [0.25, 0.3) is 0 Å². The summed E-state index contributed by atoms with van der Waals surface area (Å²) in [6.45, 7) is 3.22. The van der Waals surface area contributed by atoms with Gasteiger partial charge in [0.15, 0.2) is 0 Å². The molecule has 0 bridgehead atoms. The van der Waals surface area contributed by atoms with E-state index in [9.17, 15) is 5.11 Å². The minimum atomic E-state index is -0.489. The number of para-hydroxylation sites is 1. The highest BCUT2D eigenvalue weighted by Gasteiger charge is 2.27. The van der Waals surface area contributed by atoms with Crippen LogP contribution < -0.4 is 5.32 Å². The number of benzene rings is 1. The van der Waals surface area contributed by atoms with Crippen molar-refractivity contribution in [3.8, 4) is 5.69 Å². The fraction of sp³-hybridized carbons (Fsp3) is 0.471. The third-order valence-corrected chi connectivity index (χ3v) is 4.47. The van der Waals surface area contributed by atoms with E-state index in [1.165, 1.54) is 12.8 Å². The molecule has 3 atom stereocenters. The van der Waals surface area contributed by atoms with Crippen LogP contribution >= 0.6 is 0 Å². The summed E-state index contributed by atoms with van der Waals surface area (Å²) in [4.78, 5) is 0. The molecule has 21 heavy (non-hydrogen) atoms. The fourth-order valence-electron chi connectivity index (χ4n) is 3.09. The maximum absolute atomic E-state index is 10.6. The molecule has 4 heteroatoms. The molecule has 0 saturated carbocycles. The monoisotopic (exact) mass is 285 g/mol. The predicted molar refractivity (Wildman–Crippen MR) is 83.3 cm³/mol. The predicted octanol–water partition coefficient (Wildman–Crippen LogP) is 2.68. The van der Waals surface area contributed by atoms with E-state index in [-0.39, 0.29) is 6.04 Å². The first-order valence-electron chi connectivity index (χ1n) is 7.79. The van der Waals surface area contributed by atoms with Gasteiger partial charge in [-0.2, -0.15) is 5.10 Å². The zero-order chi connectivity index (χ0) is 14.7. The second-order valence-corrected chi connectivity index (χ2v) is 5.86. The molecule has 0 radical (unpaired) electrons. The summed E-state index contributed by atoms with van der Waals surface area (Å²) >= 11 is 0. The molecule has 0 aliphatic carbocycles. The lowest BCUT2D eigenvalue weighted by Gasteiger charge is -2.32. The lowest BCUT2D eigenvalue weighted by Crippen LogP contribution is -2.41. The average molecular weight is 285 g/mol. The number of nitrogens with zero attached hydrogens (tertiary/aromatic N) is 2. The van der Waals surface area contributed by atoms with Crippen LogP contribution in [0.1, 0.15) is 37.9 Å². The van der Waals surface area contributed by atoms with Crippen LogP contribution in [-0.4, -0.2) is 27.5 Å². The molecule has 2 N–H and O–H groups in total. The number of hydrogen-bond donors (Lipinski definition) is 2. The zero-order valence-electron chi connectivity index (χ0n) is 12.4. The van der Waals surface area contributed by atoms with Gasteiger partial charge in [-0.1, -0.05) is 31.5 Å². The molecule has 3 unspecified atom stereocenters. The van der Waals surface area contributed by atoms with Crippen LogP contribution in [0.15, 0.2) is 42.7 Å². The SMILES string of the molecule is CCC1CCNC(C(O)c2cnn(-c3ccccc3)c2)C1. The Balaban J connectivity index is 1.73. The average Bonchev–Trinajstić information content (AvgIpc) is 3.05. The van der Waals surface area contributed by atoms with Crippen LogP contribution in [0.4, 0.5) is 0 Å². The van der Waals surface area contributed by atoms with Crippen molar-refractivity contribution >= 4 is 0 Å². The van der Waals surface area contributed by atoms with Crippen molar-refractivity contribution in [1.29, 1.82) is 0 Å². The van der Waals surface area contributed by atoms with Gasteiger partial charge in [0.1, 0.15) is 0 Å². The summed E-state index contributed by atoms with van der Waals surface area (Å²) in [6, 6.07) is 10.1. The van der Waals surface area contributed by atoms with Crippen LogP contribution in [0.25, 0.3) is 5.69 Å². The number of aliphatic hydroxyl groups excluding tert-OH is 1. The summed E-state index contributed by atoms with van der Waals surface area (Å²) in [5, 5.41) is 18.4. The zero-order valence-corrected chi connectivity index (χ0v) is 12.4. The molecule has 0 spiro atoms. The first kappa shape index (κ1) is 14.3. The normalized spacial score (nSPS) is 23.9. The Morgan fingerprint density at radius 1 is 1.38 bits per heavy atom. The minimum Gasteiger partial charge on any atom is -0.387 e. The standard InChI is InChI=1S/C17H23N3O/c1-2-13-8-9-18-16(10-13)17(21)14-11-19-20(12-14)15-6-4-3-5-7-15/h3-7,11-13,16-18,21H,2,8-10H2,1H3. The molecule has 0 amide bonds. The van der Waals surface area contributed by atoms with Crippen LogP contribution in [0.5, 0.6) is 0 Å². The molecule has 1 aromatic carbocycles. The fourth-order valence-corrected chi connectivity index (χ4v) is 3.09. The second-order valence-electron chi connectivity index (χ2n) is 5.86. The summed E-state index contributed by atoms with van der Waals surface area (Å²) in [5.41, 5.74) is 1.90. The Hall–Kier alpha value is -1.65. The summed E-state index contributed by atoms with van der Waals surface area (Å²) in [6.07, 6.45) is 6.65. The van der Waals surface area contributed by atoms with Gasteiger partial charge >= 0.3 is 0 Å². The van der Waals surface area contributed by atoms with E-state index in [0.717, 1.165) is 30.1 Å². The quantitative estimate of drug-likeness (QED) is 0.908. The van der Waals surface area contributed by atoms with Gasteiger partial charge in [-0.05, 0) is 37.4 Å². The maximum atomic E-state index is 10.6. The molecule has 1 saturated heterocycles. The van der Waals surface area contributed by atoms with Crippen molar-refractivity contribution in [2.45, 2.75) is 38.3 Å². The number of aromatic nitrogens is 2. The molecule has 1 aliphatic heterocycles. The van der Waals surface area contributed by atoms with E-state index in [4.69, 9.17) is 0 Å². The minimum absolute atomic E-state index is 0.136. The van der Waals surface area contributed by atoms with E-state index >= 15 is 0 Å². The highest BCUT2D eigenvalue weighted by Crippen LogP contribution is 2.27. The highest BCUT2D eigenvalue weighted by molar-refractivity contribution is 5.31. The van der Waals surface area contributed by atoms with E-state index < -0.39 is 6.10 Å². The Morgan fingerprint density at radius 2 is 2.19 bits per heavy atom. The molecule has 2 aromatic rings. The Labute approximate surface area is 125 Å². The molecule has 1 fully saturated rings. The van der Waals surface area contributed by atoms with Crippen molar-refractivity contribution in [1.82, 2.24) is 15.1 Å². The maximum Gasteiger partial charge on any atom is 0.0973 e. The highest BCUT2D eigenvalue weighted by atomic mass is 16.3. The van der Waals surface area contributed by atoms with Crippen LogP contribution in [0.2, 0.25) is 0 Å². The van der Waals surface area contributed by atoms with Crippen LogP contribution in [-0.2, 0) is 0 Å². The number of hydrogen-bond acceptors (Lipinski definition) is 3. The van der Waals surface area contributed by atoms with Crippen molar-refractivity contribution < 1.29 is 5.11 Å². The van der Waals surface area contributed by atoms with Gasteiger partial charge in [0, 0.05) is 17.8 Å². The Kier molecular flexibility index (Phi) is 4.36. The number of aliphatic hydroxyl groups is 1. The lowest BCUT2D eigenvalue weighted by molar-refractivity contribution is 0.0978. The number of rotatable bonds is 4. The van der Waals surface area contributed by atoms with E-state index in [1.54, 1.807) is 6.20 Å². The van der Waals surface area contributed by atoms with Gasteiger partial charge in [0.2, 0.25) is 0 Å². The van der Waals surface area contributed by atoms with Gasteiger partial charge in [-0.15, -0.1) is 0 Å². The van der Waals surface area contributed by atoms with E-state index in [1.807, 2.05) is 41.2 Å². The molecular formula is C17H23N3O. The molecule has 2 heterocycles. The van der Waals surface area contributed by atoms with Gasteiger partial charge in [0.05, 0.1) is 18.0 Å². The van der Waals surface area contributed by atoms with Crippen molar-refractivity contribution in [2.75, 3.05) is 6.54 Å². The summed E-state index contributed by atoms with van der Waals surface area (Å²) < 4.78 is 1.82. The molecule has 1 aliphatic rings. The number of piperidine rings is 1. The van der Waals surface area contributed by atoms with Crippen molar-refractivity contribution in [3.63, 3.8) is 0 Å². The van der Waals surface area contributed by atoms with Crippen LogP contribution in [0, 0.1) is 5.92 Å². The third-order valence-electron chi connectivity index (χ3n) is 4.47. The molecular weight excluding hydrogens is 262 g/mol. The van der Waals surface area contributed by atoms with Crippen LogP contribution in [0.3, 0.4) is 0 Å². The molecule has 1 aromatic heterocycles. The Bertz CT molecular complexity index is 566. The van der Waals surface area contributed by atoms with E-state index in [2.05, 4.69) is 17.3 Å². The summed E-state index contributed by atoms with van der Waals surface area (Å²) in [5.74, 6) is 0.718. The topological polar surface area (TPSA) is 50.1 Å². The van der Waals surface area contributed by atoms with Gasteiger partial charge < -0.3 is 10.4 Å². The molecule has 3 rings (SSSR count). The Morgan fingerprint density at radius 3 is 2.95 bits per heavy atom. The van der Waals surface area contributed by atoms with Gasteiger partial charge in [-0.25, -0.2) is 4.68 Å². The number of nitrogens with one attached hydrogen (secondary N) is 1. The van der Waals surface area contributed by atoms with Crippen molar-refractivity contribution in [2.24, 2.45) is 5.92 Å². The van der Waals surface area contributed by atoms with Gasteiger partial charge in [-0.3, -0.25) is 0 Å². The lowest BCUT2D eigenvalue weighted by atomic mass is 9.87. The molecule has 4 nitrogen and oxygen atoms in total. The third kappa shape index (κ3) is 3.17. The first-order chi connectivity index (χ1) is 10.3.